The Morgan fingerprint density at radius 3 is 1.12 bits per heavy atom. The molecule has 9 fully saturated rings. The molecule has 9 nitrogen and oxygen atoms in total. The van der Waals surface area contributed by atoms with E-state index in [1.54, 1.807) is 11.1 Å². The lowest BCUT2D eigenvalue weighted by Crippen LogP contribution is -2.55. The summed E-state index contributed by atoms with van der Waals surface area (Å²) >= 11 is 0. The first-order valence-corrected chi connectivity index (χ1v) is 38.1. The molecule has 3 unspecified atom stereocenters. The highest BCUT2D eigenvalue weighted by Crippen LogP contribution is 2.73. The maximum Gasteiger partial charge on any atom is 0.136 e. The number of rotatable bonds is 5. The third kappa shape index (κ3) is 9.81. The molecule has 6 spiro atoms. The van der Waals surface area contributed by atoms with Crippen molar-refractivity contribution in [3.05, 3.63) is 197 Å². The lowest BCUT2D eigenvalue weighted by atomic mass is 9.58. The Kier molecular flexibility index (Phi) is 16.5. The van der Waals surface area contributed by atoms with Gasteiger partial charge in [0.1, 0.15) is 5.78 Å². The molecule has 0 N–H and O–H groups in total. The van der Waals surface area contributed by atoms with E-state index >= 15 is 0 Å². The number of Topliss-reactive ketones (excluding diaryl/α,β-unsaturated/α-hetero) is 1. The van der Waals surface area contributed by atoms with Gasteiger partial charge in [0.15, 0.2) is 0 Å². The van der Waals surface area contributed by atoms with E-state index in [0.717, 1.165) is 25.7 Å². The number of carbonyl (C=O) groups excluding carboxylic acids is 1. The fourth-order valence-electron chi connectivity index (χ4n) is 25.5. The van der Waals surface area contributed by atoms with Crippen LogP contribution in [0.2, 0.25) is 0 Å². The smallest absolute Gasteiger partial charge is 0.136 e. The van der Waals surface area contributed by atoms with Gasteiger partial charge < -0.3 is 24.0 Å². The van der Waals surface area contributed by atoms with Gasteiger partial charge >= 0.3 is 0 Å². The molecule has 6 saturated carbocycles. The SMILES string of the molecule is C.C.C.CN(C)[C@@H]1CCC2=CC3=CC[C@]4(C)[C@@H](c5ccc6ccncc6c5)CC[C@H]4C34CC[C@]2(C1)O4.CN(C)[C@H]1CCC2=CC3=CC[C@]4(C)[C@@H](c5ccc6ccncc6c5)CC[C@H]4C34CC[C@]2(C1)O4.C[C@]12CC=C3C=C4CCC(=O)C[C@]45CCC3(O5)[C@@H]1CC[C@@H]2c1ccc2ccncc2c1. The van der Waals surface area contributed by atoms with Crippen molar-refractivity contribution in [2.75, 3.05) is 28.2 Å². The maximum atomic E-state index is 12.4. The fraction of sp³-hybridized carbons (Fsp3) is 0.560. The number of aromatic nitrogens is 3. The number of nitrogens with zero attached hydrogens (tertiary/aromatic N) is 5. The predicted molar refractivity (Wildman–Crippen MR) is 407 cm³/mol. The Bertz CT molecular complexity index is 4290. The van der Waals surface area contributed by atoms with E-state index in [2.05, 4.69) is 183 Å². The van der Waals surface area contributed by atoms with Crippen molar-refractivity contribution in [1.82, 2.24) is 24.8 Å². The van der Waals surface area contributed by atoms with Crippen LogP contribution in [0, 0.1) is 34.0 Å². The normalized spacial score (nSPS) is 40.0. The van der Waals surface area contributed by atoms with Gasteiger partial charge in [-0.2, -0.15) is 0 Å². The van der Waals surface area contributed by atoms with Crippen LogP contribution in [0.25, 0.3) is 32.3 Å². The van der Waals surface area contributed by atoms with Gasteiger partial charge in [0.25, 0.3) is 0 Å². The van der Waals surface area contributed by atoms with Gasteiger partial charge in [-0.05, 0) is 324 Å². The molecule has 6 aromatic rings. The molecule has 0 amide bonds. The minimum absolute atomic E-state index is 0. The Morgan fingerprint density at radius 2 is 0.750 bits per heavy atom. The number of pyridine rings is 3. The number of fused-ring (bicyclic) bond motifs is 6. The molecule has 100 heavy (non-hydrogen) atoms. The largest absolute Gasteiger partial charge is 0.359 e. The van der Waals surface area contributed by atoms with Crippen LogP contribution in [0.1, 0.15) is 232 Å². The lowest BCUT2D eigenvalue weighted by Gasteiger charge is -2.54. The molecule has 526 valence electrons. The monoisotopic (exact) mass is 1340 g/mol. The summed E-state index contributed by atoms with van der Waals surface area (Å²) in [7, 11) is 8.97. The number of allylic oxidation sites excluding steroid dienone is 3. The number of ketones is 1. The van der Waals surface area contributed by atoms with Crippen molar-refractivity contribution < 1.29 is 19.0 Å². The quantitative estimate of drug-likeness (QED) is 0.167. The van der Waals surface area contributed by atoms with E-state index in [0.29, 0.717) is 66.2 Å². The summed E-state index contributed by atoms with van der Waals surface area (Å²) in [6.45, 7) is 7.65. The van der Waals surface area contributed by atoms with E-state index in [-0.39, 0.29) is 72.1 Å². The molecular weight excluding hydrogens is 1230 g/mol. The standard InChI is InChI=1S/2C30H36N2O.C28H29NO2.3CH4/c2*1-28-12-10-24-17-23-6-7-25(32(2)3)18-29(23)13-14-30(24,33-29)27(28)9-8-26(28)21-5-4-20-11-15-31-19-22(20)16-21;1-26-10-8-22-15-21-4-5-23(30)16-27(21)11-12-28(22,31-27)25(26)7-6-24(26)19-3-2-18-9-13-29-17-20(18)14-19;;;/h2*4-5,10-11,15-17,19,25-27H,6-9,12-14,18H2,1-3H3;2-3,8-9,13-15,17,24-25H,4-7,10-12,16H2,1H3;3*1H4/t25-,26+,27+,28+,29+,30?;25-,26-,27-,28-,29-,30?;24-,25-,26-,27-,28?;;;/m011.../s1. The molecule has 0 radical (unpaired) electrons. The van der Waals surface area contributed by atoms with Crippen LogP contribution in [0.5, 0.6) is 0 Å². The summed E-state index contributed by atoms with van der Waals surface area (Å²) in [5.74, 6) is 3.83. The van der Waals surface area contributed by atoms with Crippen LogP contribution in [0.4, 0.5) is 0 Å². The third-order valence-electron chi connectivity index (χ3n) is 30.5. The summed E-state index contributed by atoms with van der Waals surface area (Å²) in [6.07, 6.45) is 54.3. The number of hydrogen-bond donors (Lipinski definition) is 0. The zero-order valence-corrected chi connectivity index (χ0v) is 58.8. The molecule has 3 saturated heterocycles. The topological polar surface area (TPSA) is 89.9 Å². The molecule has 17 atom stereocenters. The molecule has 9 aliphatic carbocycles. The van der Waals surface area contributed by atoms with E-state index in [4.69, 9.17) is 14.2 Å². The van der Waals surface area contributed by atoms with Crippen LogP contribution >= 0.6 is 0 Å². The van der Waals surface area contributed by atoms with Gasteiger partial charge in [0.2, 0.25) is 0 Å². The predicted octanol–water partition coefficient (Wildman–Crippen LogP) is 20.8. The van der Waals surface area contributed by atoms with Gasteiger partial charge in [-0.1, -0.05) is 116 Å². The summed E-state index contributed by atoms with van der Waals surface area (Å²) in [5.41, 5.74) is 13.6. The Balaban J connectivity index is 0.000000115. The number of benzene rings is 3. The second-order valence-corrected chi connectivity index (χ2v) is 35.0. The van der Waals surface area contributed by atoms with Crippen LogP contribution in [0.3, 0.4) is 0 Å². The highest BCUT2D eigenvalue weighted by Gasteiger charge is 2.70. The molecule has 3 aromatic heterocycles. The zero-order valence-electron chi connectivity index (χ0n) is 58.8. The average molecular weight is 1340 g/mol. The lowest BCUT2D eigenvalue weighted by molar-refractivity contribution is -0.146. The first-order valence-electron chi connectivity index (χ1n) is 38.1. The van der Waals surface area contributed by atoms with Crippen LogP contribution < -0.4 is 0 Å². The van der Waals surface area contributed by atoms with E-state index in [9.17, 15) is 4.79 Å². The fourth-order valence-corrected chi connectivity index (χ4v) is 25.5. The van der Waals surface area contributed by atoms with Crippen molar-refractivity contribution in [3.63, 3.8) is 0 Å². The molecule has 6 aliphatic heterocycles. The number of ether oxygens (including phenoxy) is 3. The minimum Gasteiger partial charge on any atom is -0.359 e. The molecule has 9 heteroatoms. The first kappa shape index (κ1) is 68.2. The maximum absolute atomic E-state index is 12.4. The summed E-state index contributed by atoms with van der Waals surface area (Å²) < 4.78 is 22.0. The molecule has 15 aliphatic rings. The van der Waals surface area contributed by atoms with Gasteiger partial charge in [-0.25, -0.2) is 0 Å². The Hall–Kier alpha value is -6.20. The van der Waals surface area contributed by atoms with Crippen molar-refractivity contribution in [1.29, 1.82) is 0 Å². The van der Waals surface area contributed by atoms with Crippen molar-refractivity contribution >= 4 is 38.1 Å². The van der Waals surface area contributed by atoms with Crippen LogP contribution in [0.15, 0.2) is 180 Å². The van der Waals surface area contributed by atoms with Gasteiger partial charge in [0, 0.05) is 78.3 Å². The second kappa shape index (κ2) is 24.2. The minimum atomic E-state index is -0.294. The van der Waals surface area contributed by atoms with E-state index in [1.165, 1.54) is 187 Å². The van der Waals surface area contributed by atoms with Gasteiger partial charge in [0.05, 0.1) is 33.6 Å². The Morgan fingerprint density at radius 1 is 0.400 bits per heavy atom. The number of carbonyl (C=O) groups is 1. The van der Waals surface area contributed by atoms with Gasteiger partial charge in [-0.3, -0.25) is 19.7 Å². The number of hydrogen-bond acceptors (Lipinski definition) is 9. The summed E-state index contributed by atoms with van der Waals surface area (Å²) in [5, 5.41) is 7.61. The van der Waals surface area contributed by atoms with E-state index in [1.807, 2.05) is 37.2 Å². The van der Waals surface area contributed by atoms with Crippen molar-refractivity contribution in [2.24, 2.45) is 34.0 Å². The first-order chi connectivity index (χ1) is 46.9. The second-order valence-electron chi connectivity index (χ2n) is 35.0. The molecule has 6 bridgehead atoms. The molecule has 3 aromatic carbocycles. The molecule has 9 heterocycles. The molecule has 21 rings (SSSR count). The van der Waals surface area contributed by atoms with Crippen molar-refractivity contribution in [3.8, 4) is 0 Å². The summed E-state index contributed by atoms with van der Waals surface area (Å²) in [6, 6.07) is 28.8. The van der Waals surface area contributed by atoms with Crippen molar-refractivity contribution in [2.45, 2.75) is 261 Å². The highest BCUT2D eigenvalue weighted by molar-refractivity contribution is 5.85. The van der Waals surface area contributed by atoms with Crippen LogP contribution in [-0.4, -0.2) is 104 Å². The zero-order chi connectivity index (χ0) is 65.7. The average Bonchev–Trinajstić information content (AvgIpc) is 1.52. The Labute approximate surface area is 597 Å². The van der Waals surface area contributed by atoms with Crippen LogP contribution in [-0.2, 0) is 19.0 Å². The molecular formula is C91H113N5O4. The highest BCUT2D eigenvalue weighted by atomic mass is 16.5. The van der Waals surface area contributed by atoms with Gasteiger partial charge in [-0.15, -0.1) is 0 Å². The summed E-state index contributed by atoms with van der Waals surface area (Å²) in [4.78, 5) is 30.3. The van der Waals surface area contributed by atoms with E-state index < -0.39 is 0 Å². The third-order valence-corrected chi connectivity index (χ3v) is 30.5.